The van der Waals surface area contributed by atoms with Crippen LogP contribution in [0.5, 0.6) is 0 Å². The molecule has 0 radical (unpaired) electrons. The summed E-state index contributed by atoms with van der Waals surface area (Å²) < 4.78 is 170. The molecule has 0 N–H and O–H groups in total. The van der Waals surface area contributed by atoms with Crippen LogP contribution in [-0.2, 0) is 200 Å². The molecule has 36 atom stereocenters. The smallest absolute Gasteiger partial charge is 0.303 e. The number of hydrogen-bond donors (Lipinski definition) is 0. The summed E-state index contributed by atoms with van der Waals surface area (Å²) in [6.45, 7) is 21.3. The third-order valence-electron chi connectivity index (χ3n) is 26.8. The van der Waals surface area contributed by atoms with E-state index in [9.17, 15) is 71.9 Å². The van der Waals surface area contributed by atoms with Crippen molar-refractivity contribution < 1.29 is 200 Å². The van der Waals surface area contributed by atoms with Gasteiger partial charge in [0, 0.05) is 116 Å². The van der Waals surface area contributed by atoms with Crippen molar-refractivity contribution in [1.82, 2.24) is 0 Å². The Morgan fingerprint density at radius 1 is 0.341 bits per heavy atom. The van der Waals surface area contributed by atoms with Crippen molar-refractivity contribution in [3.05, 3.63) is 0 Å². The molecule has 4 aliphatic carbocycles. The lowest BCUT2D eigenvalue weighted by atomic mass is 9.44. The fourth-order valence-electron chi connectivity index (χ4n) is 21.8. The summed E-state index contributed by atoms with van der Waals surface area (Å²) in [6, 6.07) is 0. The average Bonchev–Trinajstić information content (AvgIpc) is 1.53. The van der Waals surface area contributed by atoms with Crippen molar-refractivity contribution >= 4 is 89.5 Å². The molecule has 0 amide bonds. The second-order valence-electron chi connectivity index (χ2n) is 36.2. The van der Waals surface area contributed by atoms with Crippen LogP contribution in [0.1, 0.15) is 203 Å². The molecule has 7 saturated heterocycles. The number of carbonyl (C=O) groups excluding carboxylic acids is 15. The van der Waals surface area contributed by atoms with Gasteiger partial charge in [0.15, 0.2) is 104 Å². The van der Waals surface area contributed by atoms with E-state index in [-0.39, 0.29) is 28.8 Å². The molecule has 7 heterocycles. The highest BCUT2D eigenvalue weighted by molar-refractivity contribution is 5.72. The molecule has 11 fully saturated rings. The molecule has 3 unspecified atom stereocenters. The summed E-state index contributed by atoms with van der Waals surface area (Å²) in [6.07, 6.45) is -40.1. The molecule has 0 aromatic rings. The number of hydrogen-bond acceptors (Lipinski definition) is 42. The van der Waals surface area contributed by atoms with E-state index in [1.807, 2.05) is 0 Å². The lowest BCUT2D eigenvalue weighted by molar-refractivity contribution is -0.413. The highest BCUT2D eigenvalue weighted by atomic mass is 16.8. The van der Waals surface area contributed by atoms with Crippen molar-refractivity contribution in [2.24, 2.45) is 52.3 Å². The number of esters is 15. The summed E-state index contributed by atoms with van der Waals surface area (Å²) in [5.41, 5.74) is -2.49. The summed E-state index contributed by atoms with van der Waals surface area (Å²) in [4.78, 5) is 202. The number of carbonyl (C=O) groups is 15. The number of fused-ring (bicyclic) bond motifs is 7. The van der Waals surface area contributed by atoms with Crippen molar-refractivity contribution in [3.63, 3.8) is 0 Å². The fraction of sp³-hybridized carbons (Fsp3) is 0.828. The van der Waals surface area contributed by atoms with Gasteiger partial charge < -0.3 is 128 Å². The fourth-order valence-corrected chi connectivity index (χ4v) is 21.8. The van der Waals surface area contributed by atoms with Gasteiger partial charge in [0.25, 0.3) is 0 Å². The highest BCUT2D eigenvalue weighted by Crippen LogP contribution is 2.72. The molecule has 4 saturated carbocycles. The Bertz CT molecular complexity index is 4090. The van der Waals surface area contributed by atoms with Crippen molar-refractivity contribution in [2.75, 3.05) is 39.6 Å². The summed E-state index contributed by atoms with van der Waals surface area (Å²) in [7, 11) is 0. The topological polar surface area (TPSA) is 505 Å². The first kappa shape index (κ1) is 101. The molecule has 42 heteroatoms. The van der Waals surface area contributed by atoms with Gasteiger partial charge in [-0.05, 0) is 111 Å². The third-order valence-corrected chi connectivity index (χ3v) is 26.8. The van der Waals surface area contributed by atoms with Crippen LogP contribution in [0.2, 0.25) is 0 Å². The second-order valence-corrected chi connectivity index (χ2v) is 36.2. The van der Waals surface area contributed by atoms with Crippen molar-refractivity contribution in [2.45, 2.75) is 368 Å². The SMILES string of the molecule is CC(=O)OC[C@H]1O[C@@H](O[C@H]2CC[C@@]3(C)[C@@H](CC[C@@H]4[C@@H]3CC[C@]3(C)C5C(C[C@@H]43)O[C@]3(CC[C@@H](C)CO3)C5C)C2)[C@H](OC(C)=O)[C@@H](OC(C)=O)[C@H]1O[C@@H]1O[C@H](COC(C)=O)[C@@H](OC(C)=O)[C@H](O[C@@H]2O[C@H](COC(C)=O)[C@@H](OC(C)=O)[C@H](O[C@@H]3OC[C@@H](OC(C)=O)[C@H](OC(C)=O)[C@H]3OC(C)=O)[C@H]2OC(C)=O)[C@H]1O[C@@H]1O[C@H](COC(C)=O)[C@@](C)(OC(C)=O)[C@H](OC(C)=O)[C@H]1OC(C)=O. The van der Waals surface area contributed by atoms with E-state index in [0.717, 1.165) is 149 Å². The van der Waals surface area contributed by atoms with Gasteiger partial charge in [-0.3, -0.25) is 71.9 Å². The maximum Gasteiger partial charge on any atom is 0.303 e. The first-order valence-corrected chi connectivity index (χ1v) is 43.9. The largest absolute Gasteiger partial charge is 0.463 e. The molecule has 0 aromatic carbocycles. The summed E-state index contributed by atoms with van der Waals surface area (Å²) >= 11 is 0. The zero-order valence-electron chi connectivity index (χ0n) is 76.4. The first-order chi connectivity index (χ1) is 60.6. The van der Waals surface area contributed by atoms with Crippen LogP contribution in [0.4, 0.5) is 0 Å². The van der Waals surface area contributed by atoms with Crippen LogP contribution < -0.4 is 0 Å². The molecule has 0 bridgehead atoms. The Labute approximate surface area is 746 Å². The quantitative estimate of drug-likeness (QED) is 0.0565. The van der Waals surface area contributed by atoms with E-state index >= 15 is 0 Å². The normalized spacial score (nSPS) is 40.8. The molecular weight excluding hydrogens is 1720 g/mol. The Hall–Kier alpha value is -8.43. The van der Waals surface area contributed by atoms with Crippen LogP contribution in [0, 0.1) is 52.3 Å². The van der Waals surface area contributed by atoms with E-state index < -0.39 is 281 Å². The molecular formula is C87H124O42. The molecule has 724 valence electrons. The third kappa shape index (κ3) is 23.4. The van der Waals surface area contributed by atoms with E-state index in [4.69, 9.17) is 128 Å². The van der Waals surface area contributed by atoms with Gasteiger partial charge in [-0.25, -0.2) is 0 Å². The van der Waals surface area contributed by atoms with E-state index in [1.54, 1.807) is 0 Å². The predicted octanol–water partition coefficient (Wildman–Crippen LogP) is 4.51. The van der Waals surface area contributed by atoms with Gasteiger partial charge >= 0.3 is 89.5 Å². The van der Waals surface area contributed by atoms with Gasteiger partial charge in [0.05, 0.1) is 25.4 Å². The lowest BCUT2D eigenvalue weighted by Gasteiger charge is -2.61. The molecule has 11 rings (SSSR count). The van der Waals surface area contributed by atoms with Crippen molar-refractivity contribution in [1.29, 1.82) is 0 Å². The van der Waals surface area contributed by atoms with Gasteiger partial charge in [-0.2, -0.15) is 0 Å². The molecule has 11 aliphatic rings. The number of rotatable bonds is 29. The van der Waals surface area contributed by atoms with Crippen molar-refractivity contribution in [3.8, 4) is 0 Å². The Balaban J connectivity index is 1.04. The van der Waals surface area contributed by atoms with Gasteiger partial charge in [0.1, 0.15) is 75.3 Å². The monoisotopic (exact) mass is 1840 g/mol. The Morgan fingerprint density at radius 3 is 1.28 bits per heavy atom. The lowest BCUT2D eigenvalue weighted by Crippen LogP contribution is -2.72. The highest BCUT2D eigenvalue weighted by Gasteiger charge is 2.71. The van der Waals surface area contributed by atoms with E-state index in [2.05, 4.69) is 27.7 Å². The van der Waals surface area contributed by atoms with Crippen LogP contribution >= 0.6 is 0 Å². The summed E-state index contributed by atoms with van der Waals surface area (Å²) in [5.74, 6) is -14.2. The minimum absolute atomic E-state index is 0.0378. The summed E-state index contributed by atoms with van der Waals surface area (Å²) in [5, 5.41) is 0. The minimum Gasteiger partial charge on any atom is -0.463 e. The van der Waals surface area contributed by atoms with Gasteiger partial charge in [-0.15, -0.1) is 0 Å². The average molecular weight is 1840 g/mol. The Kier molecular flexibility index (Phi) is 33.1. The van der Waals surface area contributed by atoms with E-state index in [1.165, 1.54) is 6.92 Å². The molecule has 1 spiro atoms. The zero-order chi connectivity index (χ0) is 94.5. The zero-order valence-corrected chi connectivity index (χ0v) is 76.4. The van der Waals surface area contributed by atoms with Gasteiger partial charge in [0.2, 0.25) is 0 Å². The molecule has 0 aromatic heterocycles. The maximum absolute atomic E-state index is 14.2. The van der Waals surface area contributed by atoms with Crippen LogP contribution in [0.25, 0.3) is 0 Å². The van der Waals surface area contributed by atoms with Crippen LogP contribution in [0.3, 0.4) is 0 Å². The predicted molar refractivity (Wildman–Crippen MR) is 423 cm³/mol. The molecule has 42 nitrogen and oxygen atoms in total. The molecule has 7 aliphatic heterocycles. The maximum atomic E-state index is 14.2. The standard InChI is InChI=1S/C87H124O42/c1-37-23-28-87(108-31-37)38(2)65-59(129-87)30-58-56-22-21-54-29-55(24-26-84(54,18)57(56)25-27-85(58,65)19)119-80-74(115-49(13)98)70(113-47(11)96)68(63(120-80)34-105-41(5)90)124-82-76(127-83-77(117-51(15)100)78(118-52(16)101)86(20,128-53(17)102)64(123-83)36-106-42(6)91)72(67(111-45(9)94)62(122-82)33-104-40(4)89)126-81-75(116-50(14)99)71(66(110-44(8)93)61(121-81)32-103-39(3)88)125-79-73(114-48(12)97)69(112-46(10)95)60(35-107-79)109-43(7)92/h37-38,54-83H,21-36H2,1-20H3/t37-,38?,54+,55+,56-,57+,58+,59?,60-,61-,62-,63-,64-,65?,66-,67-,68+,69+,70+,71+,72+,73-,74-,75-,76-,77-,78-,79+,80-,81+,82+,83+,84+,85+,86-,87-/m1/s1. The Morgan fingerprint density at radius 2 is 0.767 bits per heavy atom. The number of ether oxygens (including phenoxy) is 27. The molecule has 129 heavy (non-hydrogen) atoms. The first-order valence-electron chi connectivity index (χ1n) is 43.9. The van der Waals surface area contributed by atoms with Crippen LogP contribution in [0.15, 0.2) is 0 Å². The minimum atomic E-state index is -2.48. The van der Waals surface area contributed by atoms with E-state index in [0.29, 0.717) is 55.5 Å². The van der Waals surface area contributed by atoms with Gasteiger partial charge in [-0.1, -0.05) is 27.7 Å². The second kappa shape index (κ2) is 42.2. The van der Waals surface area contributed by atoms with Crippen LogP contribution in [-0.4, -0.2) is 294 Å².